The first-order valence-corrected chi connectivity index (χ1v) is 6.98. The van der Waals surface area contributed by atoms with Crippen molar-refractivity contribution >= 4 is 21.0 Å². The van der Waals surface area contributed by atoms with E-state index >= 15 is 0 Å². The minimum absolute atomic E-state index is 0.571. The number of allylic oxidation sites excluding steroid dienone is 4. The average molecular weight is 228 g/mol. The first kappa shape index (κ1) is 11.4. The maximum Gasteiger partial charge on any atom is 0.0388 e. The van der Waals surface area contributed by atoms with Crippen LogP contribution in [0.1, 0.15) is 31.9 Å². The van der Waals surface area contributed by atoms with Gasteiger partial charge in [-0.1, -0.05) is 42.0 Å². The molecule has 0 saturated carbocycles. The second-order valence-electron chi connectivity index (χ2n) is 4.92. The van der Waals surface area contributed by atoms with Crippen molar-refractivity contribution < 1.29 is 0 Å². The number of benzene rings is 1. The van der Waals surface area contributed by atoms with Gasteiger partial charge in [-0.2, -0.15) is 0 Å². The smallest absolute Gasteiger partial charge is 0.0388 e. The lowest BCUT2D eigenvalue weighted by Gasteiger charge is -2.15. The molecular formula is C15H20Si. The molecule has 0 amide bonds. The summed E-state index contributed by atoms with van der Waals surface area (Å²) in [4.78, 5) is 0. The highest BCUT2D eigenvalue weighted by Crippen LogP contribution is 2.38. The second-order valence-corrected chi connectivity index (χ2v) is 6.00. The van der Waals surface area contributed by atoms with Gasteiger partial charge in [0.25, 0.3) is 0 Å². The summed E-state index contributed by atoms with van der Waals surface area (Å²) in [5, 5.41) is 1.52. The molecule has 84 valence electrons. The van der Waals surface area contributed by atoms with Crippen molar-refractivity contribution in [3.63, 3.8) is 0 Å². The fourth-order valence-corrected chi connectivity index (χ4v) is 3.09. The van der Waals surface area contributed by atoms with E-state index in [0.717, 1.165) is 10.2 Å². The molecule has 0 fully saturated rings. The standard InChI is InChI=1S/C15H20Si/c1-9-8-10(2)15(11(9)3)13-6-5-7-14(16)12(13)4/h5-8,10H,1-4,16H3. The molecule has 16 heavy (non-hydrogen) atoms. The van der Waals surface area contributed by atoms with Gasteiger partial charge in [0.15, 0.2) is 0 Å². The molecule has 0 aromatic heterocycles. The van der Waals surface area contributed by atoms with Crippen molar-refractivity contribution in [2.24, 2.45) is 5.92 Å². The van der Waals surface area contributed by atoms with Crippen molar-refractivity contribution in [2.75, 3.05) is 0 Å². The molecule has 0 spiro atoms. The maximum absolute atomic E-state index is 2.38. The molecule has 0 saturated heterocycles. The van der Waals surface area contributed by atoms with Crippen LogP contribution in [0.3, 0.4) is 0 Å². The zero-order valence-electron chi connectivity index (χ0n) is 10.9. The predicted molar refractivity (Wildman–Crippen MR) is 76.3 cm³/mol. The van der Waals surface area contributed by atoms with Crippen molar-refractivity contribution in [1.29, 1.82) is 0 Å². The van der Waals surface area contributed by atoms with E-state index in [1.54, 1.807) is 0 Å². The lowest BCUT2D eigenvalue weighted by molar-refractivity contribution is 0.973. The molecule has 0 heterocycles. The van der Waals surface area contributed by atoms with Gasteiger partial charge in [-0.3, -0.25) is 0 Å². The summed E-state index contributed by atoms with van der Waals surface area (Å²) >= 11 is 0. The summed E-state index contributed by atoms with van der Waals surface area (Å²) in [6, 6.07) is 6.73. The van der Waals surface area contributed by atoms with Crippen molar-refractivity contribution in [1.82, 2.24) is 0 Å². The Morgan fingerprint density at radius 3 is 2.38 bits per heavy atom. The molecule has 0 aliphatic heterocycles. The lowest BCUT2D eigenvalue weighted by Crippen LogP contribution is -2.10. The molecule has 2 rings (SSSR count). The Morgan fingerprint density at radius 1 is 1.12 bits per heavy atom. The molecule has 1 aromatic carbocycles. The van der Waals surface area contributed by atoms with Crippen molar-refractivity contribution in [3.8, 4) is 0 Å². The SMILES string of the molecule is CC1=CC(C)C(c2cccc([SiH3])c2C)=C1C. The highest BCUT2D eigenvalue weighted by Gasteiger charge is 2.20. The van der Waals surface area contributed by atoms with E-state index in [1.165, 1.54) is 33.0 Å². The summed E-state index contributed by atoms with van der Waals surface area (Å²) in [7, 11) is 1.14. The van der Waals surface area contributed by atoms with Gasteiger partial charge in [0.1, 0.15) is 0 Å². The van der Waals surface area contributed by atoms with Crippen LogP contribution in [0.2, 0.25) is 0 Å². The van der Waals surface area contributed by atoms with Crippen LogP contribution in [-0.4, -0.2) is 10.2 Å². The van der Waals surface area contributed by atoms with Gasteiger partial charge in [-0.15, -0.1) is 0 Å². The van der Waals surface area contributed by atoms with Crippen LogP contribution in [0.4, 0.5) is 0 Å². The normalized spacial score (nSPS) is 20.5. The highest BCUT2D eigenvalue weighted by molar-refractivity contribution is 6.33. The number of rotatable bonds is 1. The first-order valence-electron chi connectivity index (χ1n) is 5.98. The van der Waals surface area contributed by atoms with E-state index in [0.29, 0.717) is 5.92 Å². The van der Waals surface area contributed by atoms with Gasteiger partial charge in [0, 0.05) is 16.2 Å². The topological polar surface area (TPSA) is 0 Å². The predicted octanol–water partition coefficient (Wildman–Crippen LogP) is 2.36. The van der Waals surface area contributed by atoms with Crippen LogP contribution in [0, 0.1) is 12.8 Å². The number of hydrogen-bond acceptors (Lipinski definition) is 0. The van der Waals surface area contributed by atoms with Crippen LogP contribution in [0.15, 0.2) is 35.4 Å². The summed E-state index contributed by atoms with van der Waals surface area (Å²) < 4.78 is 0. The summed E-state index contributed by atoms with van der Waals surface area (Å²) in [6.45, 7) is 9.04. The van der Waals surface area contributed by atoms with E-state index < -0.39 is 0 Å². The number of hydrogen-bond donors (Lipinski definition) is 0. The summed E-state index contributed by atoms with van der Waals surface area (Å²) in [5.74, 6) is 0.571. The van der Waals surface area contributed by atoms with Crippen molar-refractivity contribution in [3.05, 3.63) is 46.5 Å². The van der Waals surface area contributed by atoms with Crippen LogP contribution in [0.5, 0.6) is 0 Å². The molecule has 1 heteroatoms. The molecule has 1 aromatic rings. The van der Waals surface area contributed by atoms with E-state index in [9.17, 15) is 0 Å². The maximum atomic E-state index is 2.38. The molecular weight excluding hydrogens is 208 g/mol. The van der Waals surface area contributed by atoms with E-state index in [4.69, 9.17) is 0 Å². The molecule has 0 radical (unpaired) electrons. The Labute approximate surface area is 102 Å². The van der Waals surface area contributed by atoms with Crippen LogP contribution in [-0.2, 0) is 0 Å². The van der Waals surface area contributed by atoms with Gasteiger partial charge in [-0.05, 0) is 43.0 Å². The van der Waals surface area contributed by atoms with E-state index in [1.807, 2.05) is 0 Å². The van der Waals surface area contributed by atoms with E-state index in [-0.39, 0.29) is 0 Å². The summed E-state index contributed by atoms with van der Waals surface area (Å²) in [6.07, 6.45) is 2.38. The Kier molecular flexibility index (Phi) is 2.89. The van der Waals surface area contributed by atoms with Gasteiger partial charge in [0.2, 0.25) is 0 Å². The fourth-order valence-electron chi connectivity index (χ4n) is 2.63. The van der Waals surface area contributed by atoms with Gasteiger partial charge < -0.3 is 0 Å². The van der Waals surface area contributed by atoms with Crippen LogP contribution >= 0.6 is 0 Å². The van der Waals surface area contributed by atoms with Crippen LogP contribution in [0.25, 0.3) is 5.57 Å². The highest BCUT2D eigenvalue weighted by atomic mass is 28.1. The fraction of sp³-hybridized carbons (Fsp3) is 0.333. The molecule has 0 nitrogen and oxygen atoms in total. The van der Waals surface area contributed by atoms with E-state index in [2.05, 4.69) is 52.0 Å². The molecule has 1 aliphatic carbocycles. The third-order valence-corrected chi connectivity index (χ3v) is 4.93. The lowest BCUT2D eigenvalue weighted by atomic mass is 9.91. The zero-order chi connectivity index (χ0) is 11.9. The largest absolute Gasteiger partial charge is 0.0740 e. The quantitative estimate of drug-likeness (QED) is 0.647. The summed E-state index contributed by atoms with van der Waals surface area (Å²) in [5.41, 5.74) is 7.40. The third-order valence-electron chi connectivity index (χ3n) is 3.85. The average Bonchev–Trinajstić information content (AvgIpc) is 2.47. The molecule has 1 aliphatic rings. The van der Waals surface area contributed by atoms with Gasteiger partial charge in [-0.25, -0.2) is 0 Å². The second kappa shape index (κ2) is 4.06. The molecule has 0 N–H and O–H groups in total. The minimum Gasteiger partial charge on any atom is -0.0740 e. The van der Waals surface area contributed by atoms with Crippen molar-refractivity contribution in [2.45, 2.75) is 27.7 Å². The zero-order valence-corrected chi connectivity index (χ0v) is 12.9. The molecule has 1 unspecified atom stereocenters. The molecule has 1 atom stereocenters. The Morgan fingerprint density at radius 2 is 1.81 bits per heavy atom. The third kappa shape index (κ3) is 1.69. The monoisotopic (exact) mass is 228 g/mol. The Bertz CT molecular complexity index is 492. The minimum atomic E-state index is 0.571. The van der Waals surface area contributed by atoms with Crippen LogP contribution < -0.4 is 5.19 Å². The first-order chi connectivity index (χ1) is 7.52. The Balaban J connectivity index is 2.59. The Hall–Kier alpha value is -1.08. The molecule has 0 bridgehead atoms. The van der Waals surface area contributed by atoms with Gasteiger partial charge >= 0.3 is 0 Å². The van der Waals surface area contributed by atoms with Gasteiger partial charge in [0.05, 0.1) is 0 Å².